The van der Waals surface area contributed by atoms with E-state index in [1.165, 1.54) is 0 Å². The Labute approximate surface area is 165 Å². The summed E-state index contributed by atoms with van der Waals surface area (Å²) in [6.07, 6.45) is 1.62. The number of nitrogens with zero attached hydrogens (tertiary/aromatic N) is 2. The zero-order chi connectivity index (χ0) is 18.6. The summed E-state index contributed by atoms with van der Waals surface area (Å²) >= 11 is 7.55. The molecule has 6 heteroatoms. The molecule has 1 amide bonds. The number of nitrogens with one attached hydrogen (secondary N) is 1. The van der Waals surface area contributed by atoms with Gasteiger partial charge in [-0.1, -0.05) is 41.9 Å². The van der Waals surface area contributed by atoms with Crippen molar-refractivity contribution in [3.8, 4) is 11.3 Å². The Morgan fingerprint density at radius 3 is 2.70 bits per heavy atom. The van der Waals surface area contributed by atoms with Crippen molar-refractivity contribution in [1.29, 1.82) is 0 Å². The maximum Gasteiger partial charge on any atom is 0.272 e. The standard InChI is InChI=1S/C21H14ClN3OS/c22-16-7-5-15(6-8-16)20-11-18(17-3-1-2-4-19(17)24-20)21(26)25-23-12-14-9-10-27-13-14/h1-13H,(H,25,26)/b23-12-. The van der Waals surface area contributed by atoms with Crippen LogP contribution in [0.2, 0.25) is 5.02 Å². The number of hydrogen-bond donors (Lipinski definition) is 1. The third-order valence-electron chi connectivity index (χ3n) is 4.02. The molecule has 0 aliphatic carbocycles. The SMILES string of the molecule is O=C(N/N=C\c1ccsc1)c1cc(-c2ccc(Cl)cc2)nc2ccccc12. The smallest absolute Gasteiger partial charge is 0.267 e. The molecule has 132 valence electrons. The molecular formula is C21H14ClN3OS. The fourth-order valence-corrected chi connectivity index (χ4v) is 3.44. The number of para-hydroxylation sites is 1. The molecule has 0 aliphatic rings. The average Bonchev–Trinajstić information content (AvgIpc) is 3.21. The number of benzene rings is 2. The number of aromatic nitrogens is 1. The predicted octanol–water partition coefficient (Wildman–Crippen LogP) is 5.38. The van der Waals surface area contributed by atoms with E-state index in [9.17, 15) is 4.79 Å². The lowest BCUT2D eigenvalue weighted by Crippen LogP contribution is -2.18. The van der Waals surface area contributed by atoms with E-state index in [2.05, 4.69) is 15.5 Å². The number of fused-ring (bicyclic) bond motifs is 1. The number of carbonyl (C=O) groups excluding carboxylic acids is 1. The largest absolute Gasteiger partial charge is 0.272 e. The molecule has 2 aromatic heterocycles. The number of pyridine rings is 1. The molecule has 4 nitrogen and oxygen atoms in total. The van der Waals surface area contributed by atoms with Crippen LogP contribution in [0.15, 0.2) is 76.5 Å². The highest BCUT2D eigenvalue weighted by Crippen LogP contribution is 2.26. The van der Waals surface area contributed by atoms with Crippen LogP contribution in [0.5, 0.6) is 0 Å². The highest BCUT2D eigenvalue weighted by atomic mass is 35.5. The highest BCUT2D eigenvalue weighted by molar-refractivity contribution is 7.08. The van der Waals surface area contributed by atoms with Gasteiger partial charge in [0.1, 0.15) is 0 Å². The number of amides is 1. The van der Waals surface area contributed by atoms with Gasteiger partial charge in [0.05, 0.1) is 23.0 Å². The van der Waals surface area contributed by atoms with E-state index in [4.69, 9.17) is 11.6 Å². The maximum atomic E-state index is 12.8. The van der Waals surface area contributed by atoms with Crippen LogP contribution in [-0.4, -0.2) is 17.1 Å². The van der Waals surface area contributed by atoms with Gasteiger partial charge in [-0.3, -0.25) is 4.79 Å². The molecule has 27 heavy (non-hydrogen) atoms. The molecule has 0 unspecified atom stereocenters. The first-order valence-electron chi connectivity index (χ1n) is 8.22. The molecule has 0 atom stereocenters. The second kappa shape index (κ2) is 7.70. The number of rotatable bonds is 4. The molecule has 0 aliphatic heterocycles. The van der Waals surface area contributed by atoms with Crippen LogP contribution in [0.4, 0.5) is 0 Å². The minimum Gasteiger partial charge on any atom is -0.267 e. The first kappa shape index (κ1) is 17.4. The van der Waals surface area contributed by atoms with Gasteiger partial charge >= 0.3 is 0 Å². The normalized spacial score (nSPS) is 11.1. The van der Waals surface area contributed by atoms with Crippen molar-refractivity contribution in [3.05, 3.63) is 87.6 Å². The van der Waals surface area contributed by atoms with Gasteiger partial charge in [0, 0.05) is 21.5 Å². The van der Waals surface area contributed by atoms with E-state index in [0.717, 1.165) is 22.0 Å². The molecule has 0 fully saturated rings. The quantitative estimate of drug-likeness (QED) is 0.375. The first-order chi connectivity index (χ1) is 13.2. The van der Waals surface area contributed by atoms with Crippen LogP contribution >= 0.6 is 22.9 Å². The molecule has 1 N–H and O–H groups in total. The Balaban J connectivity index is 1.71. The third kappa shape index (κ3) is 3.89. The maximum absolute atomic E-state index is 12.8. The Hall–Kier alpha value is -3.02. The molecular weight excluding hydrogens is 378 g/mol. The Kier molecular flexibility index (Phi) is 4.96. The molecule has 0 saturated heterocycles. The molecule has 4 aromatic rings. The van der Waals surface area contributed by atoms with E-state index in [0.29, 0.717) is 16.3 Å². The van der Waals surface area contributed by atoms with Gasteiger partial charge in [-0.2, -0.15) is 16.4 Å². The highest BCUT2D eigenvalue weighted by Gasteiger charge is 2.13. The Morgan fingerprint density at radius 2 is 1.93 bits per heavy atom. The van der Waals surface area contributed by atoms with Gasteiger partial charge in [-0.15, -0.1) is 0 Å². The monoisotopic (exact) mass is 391 g/mol. The lowest BCUT2D eigenvalue weighted by atomic mass is 10.0. The zero-order valence-electron chi connectivity index (χ0n) is 14.1. The topological polar surface area (TPSA) is 54.4 Å². The second-order valence-electron chi connectivity index (χ2n) is 5.83. The summed E-state index contributed by atoms with van der Waals surface area (Å²) in [6.45, 7) is 0. The van der Waals surface area contributed by atoms with Crippen molar-refractivity contribution in [2.24, 2.45) is 5.10 Å². The second-order valence-corrected chi connectivity index (χ2v) is 7.05. The summed E-state index contributed by atoms with van der Waals surface area (Å²) in [7, 11) is 0. The molecule has 0 radical (unpaired) electrons. The third-order valence-corrected chi connectivity index (χ3v) is 4.98. The number of carbonyl (C=O) groups is 1. The number of thiophene rings is 1. The van der Waals surface area contributed by atoms with Gasteiger partial charge in [0.2, 0.25) is 0 Å². The first-order valence-corrected chi connectivity index (χ1v) is 9.54. The molecule has 2 aromatic carbocycles. The van der Waals surface area contributed by atoms with Crippen molar-refractivity contribution in [3.63, 3.8) is 0 Å². The summed E-state index contributed by atoms with van der Waals surface area (Å²) in [5, 5.41) is 9.40. The van der Waals surface area contributed by atoms with Crippen LogP contribution in [0.1, 0.15) is 15.9 Å². The van der Waals surface area contributed by atoms with Crippen molar-refractivity contribution < 1.29 is 4.79 Å². The summed E-state index contributed by atoms with van der Waals surface area (Å²) in [5.41, 5.74) is 6.41. The van der Waals surface area contributed by atoms with Crippen molar-refractivity contribution in [2.45, 2.75) is 0 Å². The fourth-order valence-electron chi connectivity index (χ4n) is 2.71. The van der Waals surface area contributed by atoms with Gasteiger partial charge < -0.3 is 0 Å². The van der Waals surface area contributed by atoms with Gasteiger partial charge in [0.15, 0.2) is 0 Å². The minimum absolute atomic E-state index is 0.282. The molecule has 0 spiro atoms. The molecule has 2 heterocycles. The molecule has 0 saturated carbocycles. The molecule has 0 bridgehead atoms. The molecule has 4 rings (SSSR count). The predicted molar refractivity (Wildman–Crippen MR) is 112 cm³/mol. The van der Waals surface area contributed by atoms with E-state index in [1.807, 2.05) is 53.2 Å². The number of hydrogen-bond acceptors (Lipinski definition) is 4. The Morgan fingerprint density at radius 1 is 1.11 bits per heavy atom. The van der Waals surface area contributed by atoms with Crippen molar-refractivity contribution >= 4 is 46.0 Å². The van der Waals surface area contributed by atoms with E-state index in [1.54, 1.807) is 35.8 Å². The van der Waals surface area contributed by atoms with E-state index < -0.39 is 0 Å². The summed E-state index contributed by atoms with van der Waals surface area (Å²) < 4.78 is 0. The van der Waals surface area contributed by atoms with E-state index in [-0.39, 0.29) is 5.91 Å². The van der Waals surface area contributed by atoms with Crippen LogP contribution < -0.4 is 5.43 Å². The van der Waals surface area contributed by atoms with Gasteiger partial charge in [-0.05, 0) is 41.1 Å². The number of hydrazone groups is 1. The Bertz CT molecular complexity index is 1120. The zero-order valence-corrected chi connectivity index (χ0v) is 15.7. The van der Waals surface area contributed by atoms with Gasteiger partial charge in [0.25, 0.3) is 5.91 Å². The lowest BCUT2D eigenvalue weighted by molar-refractivity contribution is 0.0957. The number of halogens is 1. The van der Waals surface area contributed by atoms with Crippen molar-refractivity contribution in [2.75, 3.05) is 0 Å². The van der Waals surface area contributed by atoms with Crippen LogP contribution in [0, 0.1) is 0 Å². The van der Waals surface area contributed by atoms with E-state index >= 15 is 0 Å². The summed E-state index contributed by atoms with van der Waals surface area (Å²) in [6, 6.07) is 18.6. The summed E-state index contributed by atoms with van der Waals surface area (Å²) in [5.74, 6) is -0.282. The van der Waals surface area contributed by atoms with Crippen LogP contribution in [0.25, 0.3) is 22.2 Å². The summed E-state index contributed by atoms with van der Waals surface area (Å²) in [4.78, 5) is 17.4. The van der Waals surface area contributed by atoms with Crippen LogP contribution in [0.3, 0.4) is 0 Å². The van der Waals surface area contributed by atoms with Crippen molar-refractivity contribution in [1.82, 2.24) is 10.4 Å². The lowest BCUT2D eigenvalue weighted by Gasteiger charge is -2.09. The van der Waals surface area contributed by atoms with Gasteiger partial charge in [-0.25, -0.2) is 10.4 Å². The fraction of sp³-hybridized carbons (Fsp3) is 0. The minimum atomic E-state index is -0.282. The van der Waals surface area contributed by atoms with Crippen LogP contribution in [-0.2, 0) is 0 Å². The average molecular weight is 392 g/mol.